The molecule has 1 N–H and O–H groups in total. The third-order valence-electron chi connectivity index (χ3n) is 2.44. The van der Waals surface area contributed by atoms with Gasteiger partial charge in [0.15, 0.2) is 0 Å². The molecule has 1 aromatic carbocycles. The van der Waals surface area contributed by atoms with Gasteiger partial charge in [-0.2, -0.15) is 0 Å². The van der Waals surface area contributed by atoms with E-state index >= 15 is 0 Å². The molecular formula is C12H14N2S. The highest BCUT2D eigenvalue weighted by molar-refractivity contribution is 7.07. The van der Waals surface area contributed by atoms with E-state index in [4.69, 9.17) is 0 Å². The molecule has 0 aliphatic rings. The van der Waals surface area contributed by atoms with Crippen LogP contribution in [0.1, 0.15) is 17.3 Å². The molecule has 0 bridgehead atoms. The van der Waals surface area contributed by atoms with Crippen LogP contribution >= 0.6 is 11.3 Å². The Morgan fingerprint density at radius 1 is 1.33 bits per heavy atom. The fourth-order valence-electron chi connectivity index (χ4n) is 1.60. The van der Waals surface area contributed by atoms with Gasteiger partial charge in [-0.05, 0) is 19.0 Å². The average molecular weight is 218 g/mol. The molecule has 0 saturated heterocycles. The Balaban J connectivity index is 2.10. The SMILES string of the molecule is CNC(Cc1ccccc1)c1cscn1. The molecule has 2 aromatic rings. The minimum absolute atomic E-state index is 0.318. The molecule has 1 atom stereocenters. The van der Waals surface area contributed by atoms with Gasteiger partial charge in [-0.1, -0.05) is 30.3 Å². The van der Waals surface area contributed by atoms with E-state index in [0.717, 1.165) is 12.1 Å². The van der Waals surface area contributed by atoms with Crippen LogP contribution < -0.4 is 5.32 Å². The van der Waals surface area contributed by atoms with Crippen LogP contribution in [-0.2, 0) is 6.42 Å². The van der Waals surface area contributed by atoms with Crippen molar-refractivity contribution < 1.29 is 0 Å². The summed E-state index contributed by atoms with van der Waals surface area (Å²) in [7, 11) is 1.98. The first kappa shape index (κ1) is 10.3. The number of thiazole rings is 1. The Hall–Kier alpha value is -1.19. The topological polar surface area (TPSA) is 24.9 Å². The Morgan fingerprint density at radius 3 is 2.73 bits per heavy atom. The molecule has 1 aromatic heterocycles. The van der Waals surface area contributed by atoms with Gasteiger partial charge in [-0.15, -0.1) is 11.3 Å². The van der Waals surface area contributed by atoms with E-state index in [1.54, 1.807) is 11.3 Å². The average Bonchev–Trinajstić information content (AvgIpc) is 2.81. The molecule has 2 nitrogen and oxygen atoms in total. The van der Waals surface area contributed by atoms with Crippen molar-refractivity contribution in [2.24, 2.45) is 0 Å². The smallest absolute Gasteiger partial charge is 0.0795 e. The second-order valence-electron chi connectivity index (χ2n) is 3.44. The Kier molecular flexibility index (Phi) is 3.48. The van der Waals surface area contributed by atoms with Crippen molar-refractivity contribution in [2.45, 2.75) is 12.5 Å². The van der Waals surface area contributed by atoms with E-state index in [2.05, 4.69) is 39.9 Å². The third kappa shape index (κ3) is 2.64. The number of aromatic nitrogens is 1. The summed E-state index contributed by atoms with van der Waals surface area (Å²) in [5, 5.41) is 5.40. The van der Waals surface area contributed by atoms with E-state index in [-0.39, 0.29) is 0 Å². The first-order valence-corrected chi connectivity index (χ1v) is 5.93. The Morgan fingerprint density at radius 2 is 2.13 bits per heavy atom. The van der Waals surface area contributed by atoms with Gasteiger partial charge in [0, 0.05) is 5.38 Å². The predicted molar refractivity (Wildman–Crippen MR) is 64.1 cm³/mol. The molecule has 0 spiro atoms. The molecule has 0 fully saturated rings. The van der Waals surface area contributed by atoms with Crippen molar-refractivity contribution in [3.63, 3.8) is 0 Å². The summed E-state index contributed by atoms with van der Waals surface area (Å²) in [5.41, 5.74) is 4.35. The van der Waals surface area contributed by atoms with E-state index in [0.29, 0.717) is 6.04 Å². The molecule has 3 heteroatoms. The number of nitrogens with zero attached hydrogens (tertiary/aromatic N) is 1. The van der Waals surface area contributed by atoms with Gasteiger partial charge >= 0.3 is 0 Å². The summed E-state index contributed by atoms with van der Waals surface area (Å²) in [6, 6.07) is 10.8. The van der Waals surface area contributed by atoms with E-state index < -0.39 is 0 Å². The largest absolute Gasteiger partial charge is 0.311 e. The number of benzene rings is 1. The van der Waals surface area contributed by atoms with Crippen LogP contribution in [0.5, 0.6) is 0 Å². The van der Waals surface area contributed by atoms with Gasteiger partial charge in [0.05, 0.1) is 17.2 Å². The molecule has 0 saturated carbocycles. The first-order valence-electron chi connectivity index (χ1n) is 4.99. The number of likely N-dealkylation sites (N-methyl/N-ethyl adjacent to an activating group) is 1. The standard InChI is InChI=1S/C12H14N2S/c1-13-11(12-8-15-9-14-12)7-10-5-3-2-4-6-10/h2-6,8-9,11,13H,7H2,1H3. The number of hydrogen-bond donors (Lipinski definition) is 1. The molecule has 0 amide bonds. The van der Waals surface area contributed by atoms with Crippen LogP contribution in [0, 0.1) is 0 Å². The van der Waals surface area contributed by atoms with Crippen LogP contribution in [0.4, 0.5) is 0 Å². The highest BCUT2D eigenvalue weighted by atomic mass is 32.1. The van der Waals surface area contributed by atoms with Gasteiger partial charge in [-0.3, -0.25) is 0 Å². The van der Waals surface area contributed by atoms with Crippen molar-refractivity contribution in [1.29, 1.82) is 0 Å². The van der Waals surface area contributed by atoms with Gasteiger partial charge in [0.25, 0.3) is 0 Å². The summed E-state index contributed by atoms with van der Waals surface area (Å²) in [6.07, 6.45) is 0.987. The molecular weight excluding hydrogens is 204 g/mol. The Bertz CT molecular complexity index is 383. The van der Waals surface area contributed by atoms with Gasteiger partial charge < -0.3 is 5.32 Å². The maximum Gasteiger partial charge on any atom is 0.0795 e. The van der Waals surface area contributed by atoms with E-state index in [9.17, 15) is 0 Å². The van der Waals surface area contributed by atoms with Gasteiger partial charge in [-0.25, -0.2) is 4.98 Å². The number of nitrogens with one attached hydrogen (secondary N) is 1. The highest BCUT2D eigenvalue weighted by Crippen LogP contribution is 2.17. The second-order valence-corrected chi connectivity index (χ2v) is 4.16. The lowest BCUT2D eigenvalue weighted by Crippen LogP contribution is -2.19. The summed E-state index contributed by atoms with van der Waals surface area (Å²) in [4.78, 5) is 4.34. The number of rotatable bonds is 4. The van der Waals surface area contributed by atoms with Crippen LogP contribution in [0.15, 0.2) is 41.2 Å². The zero-order chi connectivity index (χ0) is 10.5. The van der Waals surface area contributed by atoms with Gasteiger partial charge in [0.2, 0.25) is 0 Å². The molecule has 15 heavy (non-hydrogen) atoms. The molecule has 0 aliphatic carbocycles. The molecule has 2 rings (SSSR count). The zero-order valence-corrected chi connectivity index (χ0v) is 9.50. The lowest BCUT2D eigenvalue weighted by molar-refractivity contribution is 0.579. The molecule has 0 aliphatic heterocycles. The Labute approximate surface area is 94.0 Å². The first-order chi connectivity index (χ1) is 7.40. The zero-order valence-electron chi connectivity index (χ0n) is 8.68. The minimum atomic E-state index is 0.318. The van der Waals surface area contributed by atoms with Crippen LogP contribution in [0.3, 0.4) is 0 Å². The summed E-state index contributed by atoms with van der Waals surface area (Å²) < 4.78 is 0. The fraction of sp³-hybridized carbons (Fsp3) is 0.250. The molecule has 0 radical (unpaired) electrons. The lowest BCUT2D eigenvalue weighted by Gasteiger charge is -2.13. The van der Waals surface area contributed by atoms with Crippen molar-refractivity contribution in [3.05, 3.63) is 52.5 Å². The van der Waals surface area contributed by atoms with E-state index in [1.165, 1.54) is 5.56 Å². The third-order valence-corrected chi connectivity index (χ3v) is 3.04. The minimum Gasteiger partial charge on any atom is -0.311 e. The van der Waals surface area contributed by atoms with Gasteiger partial charge in [0.1, 0.15) is 0 Å². The van der Waals surface area contributed by atoms with Crippen LogP contribution in [0.25, 0.3) is 0 Å². The van der Waals surface area contributed by atoms with Crippen molar-refractivity contribution in [1.82, 2.24) is 10.3 Å². The fourth-order valence-corrected chi connectivity index (χ4v) is 2.21. The second kappa shape index (κ2) is 5.05. The van der Waals surface area contributed by atoms with Crippen molar-refractivity contribution >= 4 is 11.3 Å². The summed E-state index contributed by atoms with van der Waals surface area (Å²) >= 11 is 1.64. The van der Waals surface area contributed by atoms with E-state index in [1.807, 2.05) is 18.6 Å². The highest BCUT2D eigenvalue weighted by Gasteiger charge is 2.11. The molecule has 1 unspecified atom stereocenters. The number of hydrogen-bond acceptors (Lipinski definition) is 3. The molecule has 78 valence electrons. The molecule has 1 heterocycles. The lowest BCUT2D eigenvalue weighted by atomic mass is 10.0. The van der Waals surface area contributed by atoms with Crippen molar-refractivity contribution in [3.8, 4) is 0 Å². The summed E-state index contributed by atoms with van der Waals surface area (Å²) in [5.74, 6) is 0. The van der Waals surface area contributed by atoms with Crippen molar-refractivity contribution in [2.75, 3.05) is 7.05 Å². The van der Waals surface area contributed by atoms with Crippen LogP contribution in [0.2, 0.25) is 0 Å². The maximum atomic E-state index is 4.34. The maximum absolute atomic E-state index is 4.34. The monoisotopic (exact) mass is 218 g/mol. The van der Waals surface area contributed by atoms with Crippen LogP contribution in [-0.4, -0.2) is 12.0 Å². The normalized spacial score (nSPS) is 12.6. The quantitative estimate of drug-likeness (QED) is 0.853. The predicted octanol–water partition coefficient (Wildman–Crippen LogP) is 2.65. The summed E-state index contributed by atoms with van der Waals surface area (Å²) in [6.45, 7) is 0.